The second kappa shape index (κ2) is 6.33. The van der Waals surface area contributed by atoms with Crippen molar-refractivity contribution in [2.75, 3.05) is 20.2 Å². The lowest BCUT2D eigenvalue weighted by atomic mass is 9.98. The third kappa shape index (κ3) is 2.80. The molecule has 1 aromatic rings. The summed E-state index contributed by atoms with van der Waals surface area (Å²) < 4.78 is 5.32. The van der Waals surface area contributed by atoms with Crippen molar-refractivity contribution in [2.24, 2.45) is 17.6 Å². The average molecular weight is 297 g/mol. The zero-order valence-corrected chi connectivity index (χ0v) is 13.1. The van der Waals surface area contributed by atoms with Crippen LogP contribution in [0, 0.1) is 11.8 Å². The van der Waals surface area contributed by atoms with E-state index in [1.54, 1.807) is 7.11 Å². The van der Waals surface area contributed by atoms with Crippen LogP contribution in [0.5, 0.6) is 5.75 Å². The number of benzene rings is 1. The quantitative estimate of drug-likeness (QED) is 0.932. The second-order valence-electron chi connectivity index (χ2n) is 6.07. The molecule has 1 saturated carbocycles. The summed E-state index contributed by atoms with van der Waals surface area (Å²) in [5, 5.41) is 0. The molecule has 1 aromatic carbocycles. The summed E-state index contributed by atoms with van der Waals surface area (Å²) in [6.45, 7) is 4.66. The number of methoxy groups -OCH3 is 1. The van der Waals surface area contributed by atoms with Crippen LogP contribution in [0.15, 0.2) is 24.3 Å². The molecule has 20 heavy (non-hydrogen) atoms. The minimum atomic E-state index is 0. The molecule has 0 radical (unpaired) electrons. The van der Waals surface area contributed by atoms with Crippen molar-refractivity contribution in [1.29, 1.82) is 0 Å². The summed E-state index contributed by atoms with van der Waals surface area (Å²) >= 11 is 0. The number of likely N-dealkylation sites (tertiary alicyclic amines) is 1. The van der Waals surface area contributed by atoms with Gasteiger partial charge in [-0.2, -0.15) is 0 Å². The minimum Gasteiger partial charge on any atom is -0.497 e. The molecule has 0 spiro atoms. The van der Waals surface area contributed by atoms with Gasteiger partial charge in [0.05, 0.1) is 7.11 Å². The van der Waals surface area contributed by atoms with Crippen LogP contribution in [0.4, 0.5) is 0 Å². The SMILES string of the molecule is COc1cccc(C(C)N2CC3CCC(N)C3C2)c1.Cl. The predicted octanol–water partition coefficient (Wildman–Crippen LogP) is 2.85. The molecular formula is C16H25ClN2O. The Labute approximate surface area is 127 Å². The second-order valence-corrected chi connectivity index (χ2v) is 6.07. The van der Waals surface area contributed by atoms with Gasteiger partial charge >= 0.3 is 0 Å². The molecular weight excluding hydrogens is 272 g/mol. The number of hydrogen-bond donors (Lipinski definition) is 1. The maximum atomic E-state index is 6.22. The van der Waals surface area contributed by atoms with Crippen LogP contribution in [0.25, 0.3) is 0 Å². The molecule has 0 bridgehead atoms. The van der Waals surface area contributed by atoms with Crippen molar-refractivity contribution in [3.63, 3.8) is 0 Å². The van der Waals surface area contributed by atoms with Crippen LogP contribution >= 0.6 is 12.4 Å². The van der Waals surface area contributed by atoms with E-state index in [1.165, 1.54) is 24.9 Å². The lowest BCUT2D eigenvalue weighted by molar-refractivity contribution is 0.238. The van der Waals surface area contributed by atoms with Crippen molar-refractivity contribution in [1.82, 2.24) is 4.90 Å². The highest BCUT2D eigenvalue weighted by Gasteiger charge is 2.42. The number of nitrogens with two attached hydrogens (primary N) is 1. The molecule has 4 unspecified atom stereocenters. The van der Waals surface area contributed by atoms with E-state index in [4.69, 9.17) is 10.5 Å². The Kier molecular flexibility index (Phi) is 4.95. The van der Waals surface area contributed by atoms with Gasteiger partial charge in [-0.25, -0.2) is 0 Å². The summed E-state index contributed by atoms with van der Waals surface area (Å²) in [6, 6.07) is 9.30. The molecule has 1 aliphatic carbocycles. The third-order valence-electron chi connectivity index (χ3n) is 5.06. The highest BCUT2D eigenvalue weighted by atomic mass is 35.5. The first kappa shape index (κ1) is 15.6. The molecule has 4 atom stereocenters. The monoisotopic (exact) mass is 296 g/mol. The summed E-state index contributed by atoms with van der Waals surface area (Å²) in [7, 11) is 1.73. The maximum absolute atomic E-state index is 6.22. The van der Waals surface area contributed by atoms with Gasteiger partial charge in [0, 0.05) is 25.2 Å². The van der Waals surface area contributed by atoms with Crippen LogP contribution in [0.1, 0.15) is 31.4 Å². The Morgan fingerprint density at radius 1 is 1.30 bits per heavy atom. The van der Waals surface area contributed by atoms with E-state index in [0.29, 0.717) is 18.0 Å². The molecule has 3 nitrogen and oxygen atoms in total. The Morgan fingerprint density at radius 2 is 2.10 bits per heavy atom. The molecule has 2 fully saturated rings. The van der Waals surface area contributed by atoms with Crippen molar-refractivity contribution in [3.8, 4) is 5.75 Å². The molecule has 2 aliphatic rings. The van der Waals surface area contributed by atoms with E-state index in [-0.39, 0.29) is 12.4 Å². The van der Waals surface area contributed by atoms with Gasteiger partial charge in [-0.05, 0) is 49.3 Å². The van der Waals surface area contributed by atoms with E-state index in [1.807, 2.05) is 6.07 Å². The fourth-order valence-electron chi connectivity index (χ4n) is 3.77. The molecule has 1 aliphatic heterocycles. The van der Waals surface area contributed by atoms with Crippen molar-refractivity contribution in [3.05, 3.63) is 29.8 Å². The van der Waals surface area contributed by atoms with Gasteiger partial charge in [-0.15, -0.1) is 12.4 Å². The number of fused-ring (bicyclic) bond motifs is 1. The minimum absolute atomic E-state index is 0. The number of nitrogens with zero attached hydrogens (tertiary/aromatic N) is 1. The lowest BCUT2D eigenvalue weighted by Gasteiger charge is -2.26. The first-order chi connectivity index (χ1) is 9.19. The fraction of sp³-hybridized carbons (Fsp3) is 0.625. The van der Waals surface area contributed by atoms with Crippen LogP contribution in [-0.2, 0) is 0 Å². The molecule has 1 saturated heterocycles. The topological polar surface area (TPSA) is 38.5 Å². The summed E-state index contributed by atoms with van der Waals surface area (Å²) in [6.07, 6.45) is 2.53. The first-order valence-electron chi connectivity index (χ1n) is 7.32. The van der Waals surface area contributed by atoms with Gasteiger partial charge < -0.3 is 10.5 Å². The normalized spacial score (nSPS) is 30.6. The average Bonchev–Trinajstić information content (AvgIpc) is 3.01. The molecule has 4 heteroatoms. The van der Waals surface area contributed by atoms with Crippen molar-refractivity contribution >= 4 is 12.4 Å². The number of hydrogen-bond acceptors (Lipinski definition) is 3. The smallest absolute Gasteiger partial charge is 0.119 e. The molecule has 1 heterocycles. The number of halogens is 1. The third-order valence-corrected chi connectivity index (χ3v) is 5.06. The van der Waals surface area contributed by atoms with Crippen LogP contribution in [0.3, 0.4) is 0 Å². The number of rotatable bonds is 3. The molecule has 0 aromatic heterocycles. The fourth-order valence-corrected chi connectivity index (χ4v) is 3.77. The highest BCUT2D eigenvalue weighted by molar-refractivity contribution is 5.85. The molecule has 3 rings (SSSR count). The maximum Gasteiger partial charge on any atom is 0.119 e. The van der Waals surface area contributed by atoms with Crippen molar-refractivity contribution < 1.29 is 4.74 Å². The van der Waals surface area contributed by atoms with E-state index in [9.17, 15) is 0 Å². The van der Waals surface area contributed by atoms with Gasteiger partial charge in [0.15, 0.2) is 0 Å². The molecule has 112 valence electrons. The zero-order valence-electron chi connectivity index (χ0n) is 12.3. The van der Waals surface area contributed by atoms with Crippen LogP contribution < -0.4 is 10.5 Å². The Bertz CT molecular complexity index is 454. The highest BCUT2D eigenvalue weighted by Crippen LogP contribution is 2.40. The lowest BCUT2D eigenvalue weighted by Crippen LogP contribution is -2.31. The van der Waals surface area contributed by atoms with Crippen LogP contribution in [0.2, 0.25) is 0 Å². The predicted molar refractivity (Wildman–Crippen MR) is 84.4 cm³/mol. The Hall–Kier alpha value is -0.770. The standard InChI is InChI=1S/C16H24N2O.ClH/c1-11(12-4-3-5-14(8-12)19-2)18-9-13-6-7-16(17)15(13)10-18;/h3-5,8,11,13,15-16H,6-7,9-10,17H2,1-2H3;1H. The van der Waals surface area contributed by atoms with E-state index in [0.717, 1.165) is 18.2 Å². The summed E-state index contributed by atoms with van der Waals surface area (Å²) in [5.74, 6) is 2.48. The van der Waals surface area contributed by atoms with Crippen molar-refractivity contribution in [2.45, 2.75) is 31.8 Å². The van der Waals surface area contributed by atoms with E-state index in [2.05, 4.69) is 30.0 Å². The van der Waals surface area contributed by atoms with Gasteiger partial charge in [-0.3, -0.25) is 4.90 Å². The van der Waals surface area contributed by atoms with Gasteiger partial charge in [-0.1, -0.05) is 12.1 Å². The first-order valence-corrected chi connectivity index (χ1v) is 7.32. The van der Waals surface area contributed by atoms with Gasteiger partial charge in [0.1, 0.15) is 5.75 Å². The summed E-state index contributed by atoms with van der Waals surface area (Å²) in [5.41, 5.74) is 7.56. The molecule has 0 amide bonds. The Morgan fingerprint density at radius 3 is 2.80 bits per heavy atom. The van der Waals surface area contributed by atoms with Gasteiger partial charge in [0.2, 0.25) is 0 Å². The Balaban J connectivity index is 0.00000147. The van der Waals surface area contributed by atoms with E-state index >= 15 is 0 Å². The van der Waals surface area contributed by atoms with E-state index < -0.39 is 0 Å². The van der Waals surface area contributed by atoms with Gasteiger partial charge in [0.25, 0.3) is 0 Å². The number of ether oxygens (including phenoxy) is 1. The van der Waals surface area contributed by atoms with Crippen LogP contribution in [-0.4, -0.2) is 31.1 Å². The zero-order chi connectivity index (χ0) is 13.4. The largest absolute Gasteiger partial charge is 0.497 e. The summed E-state index contributed by atoms with van der Waals surface area (Å²) in [4.78, 5) is 2.59. The molecule has 2 N–H and O–H groups in total.